The maximum absolute atomic E-state index is 12.5. The minimum absolute atomic E-state index is 0.0945. The van der Waals surface area contributed by atoms with Crippen molar-refractivity contribution in [2.24, 2.45) is 0 Å². The molecule has 0 saturated carbocycles. The summed E-state index contributed by atoms with van der Waals surface area (Å²) in [5, 5.41) is 7.88. The van der Waals surface area contributed by atoms with Crippen LogP contribution in [0.4, 0.5) is 4.79 Å². The van der Waals surface area contributed by atoms with Crippen LogP contribution in [0.15, 0.2) is 30.3 Å². The van der Waals surface area contributed by atoms with E-state index >= 15 is 0 Å². The average Bonchev–Trinajstić information content (AvgIpc) is 3.21. The normalized spacial score (nSPS) is 17.5. The van der Waals surface area contributed by atoms with Gasteiger partial charge in [0.25, 0.3) is 0 Å². The van der Waals surface area contributed by atoms with Gasteiger partial charge in [-0.2, -0.15) is 5.10 Å². The van der Waals surface area contributed by atoms with Gasteiger partial charge in [0.2, 0.25) is 0 Å². The van der Waals surface area contributed by atoms with E-state index in [2.05, 4.69) is 52.8 Å². The van der Waals surface area contributed by atoms with Gasteiger partial charge in [0.15, 0.2) is 5.82 Å². The summed E-state index contributed by atoms with van der Waals surface area (Å²) in [6, 6.07) is 10.8. The number of aryl methyl sites for hydroxylation is 2. The van der Waals surface area contributed by atoms with E-state index in [1.54, 1.807) is 0 Å². The van der Waals surface area contributed by atoms with E-state index in [0.717, 1.165) is 62.4 Å². The maximum atomic E-state index is 12.5. The fraction of sp³-hybridized carbons (Fsp3) is 0.654. The molecular weight excluding hydrogens is 414 g/mol. The van der Waals surface area contributed by atoms with Gasteiger partial charge in [0, 0.05) is 32.0 Å². The predicted molar refractivity (Wildman–Crippen MR) is 131 cm³/mol. The summed E-state index contributed by atoms with van der Waals surface area (Å²) >= 11 is 0. The summed E-state index contributed by atoms with van der Waals surface area (Å²) in [7, 11) is 0. The summed E-state index contributed by atoms with van der Waals surface area (Å²) in [4.78, 5) is 19.7. The summed E-state index contributed by atoms with van der Waals surface area (Å²) < 4.78 is 7.71. The van der Waals surface area contributed by atoms with Crippen molar-refractivity contribution in [1.29, 1.82) is 0 Å². The highest BCUT2D eigenvalue weighted by Crippen LogP contribution is 2.28. The standard InChI is InChI=1S/C26H41N5O2/c1-7-23-28-24(8-2)31(29-23)21-14-16-30(17-15-21)19(3)18-22(20-12-10-9-11-13-20)27-25(32)33-26(4,5)6/h9-13,19,21-22H,7-8,14-18H2,1-6H3,(H,27,32)/t19?,22-/m0/s1. The average molecular weight is 456 g/mol. The molecule has 1 N–H and O–H groups in total. The summed E-state index contributed by atoms with van der Waals surface area (Å²) in [6.45, 7) is 14.2. The van der Waals surface area contributed by atoms with E-state index in [9.17, 15) is 4.79 Å². The fourth-order valence-corrected chi connectivity index (χ4v) is 4.56. The van der Waals surface area contributed by atoms with Crippen molar-refractivity contribution in [3.63, 3.8) is 0 Å². The van der Waals surface area contributed by atoms with E-state index in [1.165, 1.54) is 0 Å². The molecule has 0 aliphatic carbocycles. The zero-order valence-electron chi connectivity index (χ0n) is 21.2. The lowest BCUT2D eigenvalue weighted by Crippen LogP contribution is -2.43. The number of benzene rings is 1. The van der Waals surface area contributed by atoms with Crippen LogP contribution in [-0.4, -0.2) is 50.5 Å². The lowest BCUT2D eigenvalue weighted by atomic mass is 9.96. The SMILES string of the molecule is CCc1nc(CC)n(C2CCN(C(C)C[C@H](NC(=O)OC(C)(C)C)c3ccccc3)CC2)n1. The first-order valence-corrected chi connectivity index (χ1v) is 12.4. The minimum Gasteiger partial charge on any atom is -0.444 e. The number of carbonyl (C=O) groups excluding carboxylic acids is 1. The Kier molecular flexibility index (Phi) is 8.51. The topological polar surface area (TPSA) is 72.3 Å². The zero-order valence-corrected chi connectivity index (χ0v) is 21.2. The van der Waals surface area contributed by atoms with Crippen molar-refractivity contribution in [2.45, 2.75) is 97.4 Å². The van der Waals surface area contributed by atoms with E-state index in [-0.39, 0.29) is 12.1 Å². The number of hydrogen-bond donors (Lipinski definition) is 1. The van der Waals surface area contributed by atoms with Crippen LogP contribution in [0.2, 0.25) is 0 Å². The van der Waals surface area contributed by atoms with Gasteiger partial charge >= 0.3 is 6.09 Å². The number of nitrogens with zero attached hydrogens (tertiary/aromatic N) is 4. The number of rotatable bonds is 8. The Morgan fingerprint density at radius 1 is 1.15 bits per heavy atom. The monoisotopic (exact) mass is 455 g/mol. The van der Waals surface area contributed by atoms with Crippen molar-refractivity contribution in [1.82, 2.24) is 25.0 Å². The molecule has 1 amide bonds. The third-order valence-electron chi connectivity index (χ3n) is 6.32. The summed E-state index contributed by atoms with van der Waals surface area (Å²) in [5.74, 6) is 2.05. The van der Waals surface area contributed by atoms with Crippen LogP contribution in [0, 0.1) is 0 Å². The van der Waals surface area contributed by atoms with Crippen LogP contribution in [0.3, 0.4) is 0 Å². The molecule has 1 saturated heterocycles. The molecule has 3 rings (SSSR count). The van der Waals surface area contributed by atoms with Crippen molar-refractivity contribution >= 4 is 6.09 Å². The van der Waals surface area contributed by atoms with Crippen molar-refractivity contribution in [2.75, 3.05) is 13.1 Å². The van der Waals surface area contributed by atoms with Crippen molar-refractivity contribution in [3.8, 4) is 0 Å². The van der Waals surface area contributed by atoms with Crippen LogP contribution >= 0.6 is 0 Å². The largest absolute Gasteiger partial charge is 0.444 e. The molecular formula is C26H41N5O2. The van der Waals surface area contributed by atoms with Gasteiger partial charge < -0.3 is 15.0 Å². The Morgan fingerprint density at radius 2 is 1.82 bits per heavy atom. The maximum Gasteiger partial charge on any atom is 0.408 e. The van der Waals surface area contributed by atoms with Gasteiger partial charge in [-0.15, -0.1) is 0 Å². The third kappa shape index (κ3) is 7.03. The number of piperidine rings is 1. The molecule has 0 radical (unpaired) electrons. The number of ether oxygens (including phenoxy) is 1. The lowest BCUT2D eigenvalue weighted by molar-refractivity contribution is 0.0486. The number of carbonyl (C=O) groups is 1. The Hall–Kier alpha value is -2.41. The number of nitrogens with one attached hydrogen (secondary N) is 1. The van der Waals surface area contributed by atoms with Gasteiger partial charge in [0.05, 0.1) is 12.1 Å². The second-order valence-electron chi connectivity index (χ2n) is 10.1. The second-order valence-corrected chi connectivity index (χ2v) is 10.1. The first kappa shape index (κ1) is 25.2. The number of hydrogen-bond acceptors (Lipinski definition) is 5. The van der Waals surface area contributed by atoms with Crippen molar-refractivity contribution in [3.05, 3.63) is 47.5 Å². The van der Waals surface area contributed by atoms with Gasteiger partial charge in [-0.25, -0.2) is 14.5 Å². The zero-order chi connectivity index (χ0) is 24.0. The number of amides is 1. The highest BCUT2D eigenvalue weighted by atomic mass is 16.6. The number of alkyl carbamates (subject to hydrolysis) is 1. The smallest absolute Gasteiger partial charge is 0.408 e. The second kappa shape index (κ2) is 11.1. The first-order valence-electron chi connectivity index (χ1n) is 12.4. The molecule has 1 aromatic carbocycles. The minimum atomic E-state index is -0.519. The molecule has 1 aromatic heterocycles. The molecule has 2 atom stereocenters. The third-order valence-corrected chi connectivity index (χ3v) is 6.32. The lowest BCUT2D eigenvalue weighted by Gasteiger charge is -2.37. The van der Waals surface area contributed by atoms with Crippen LogP contribution in [-0.2, 0) is 17.6 Å². The van der Waals surface area contributed by atoms with Crippen LogP contribution in [0.1, 0.15) is 90.1 Å². The quantitative estimate of drug-likeness (QED) is 0.601. The molecule has 2 aromatic rings. The Labute approximate surface area is 198 Å². The number of aromatic nitrogens is 3. The molecule has 7 heteroatoms. The Morgan fingerprint density at radius 3 is 2.39 bits per heavy atom. The van der Waals surface area contributed by atoms with Crippen molar-refractivity contribution < 1.29 is 9.53 Å². The Bertz CT molecular complexity index is 882. The molecule has 1 unspecified atom stereocenters. The van der Waals surface area contributed by atoms with Crippen LogP contribution in [0.25, 0.3) is 0 Å². The molecule has 7 nitrogen and oxygen atoms in total. The molecule has 0 spiro atoms. The molecule has 33 heavy (non-hydrogen) atoms. The molecule has 2 heterocycles. The summed E-state index contributed by atoms with van der Waals surface area (Å²) in [6.07, 6.45) is 4.39. The first-order chi connectivity index (χ1) is 15.7. The molecule has 0 bridgehead atoms. The molecule has 1 fully saturated rings. The molecule has 182 valence electrons. The van der Waals surface area contributed by atoms with Gasteiger partial charge in [-0.1, -0.05) is 44.2 Å². The van der Waals surface area contributed by atoms with E-state index < -0.39 is 5.60 Å². The molecule has 1 aliphatic rings. The van der Waals surface area contributed by atoms with Gasteiger partial charge in [-0.3, -0.25) is 0 Å². The van der Waals surface area contributed by atoms with Gasteiger partial charge in [-0.05, 0) is 52.5 Å². The van der Waals surface area contributed by atoms with E-state index in [1.807, 2.05) is 39.0 Å². The molecule has 1 aliphatic heterocycles. The predicted octanol–water partition coefficient (Wildman–Crippen LogP) is 5.08. The van der Waals surface area contributed by atoms with Crippen LogP contribution in [0.5, 0.6) is 0 Å². The number of likely N-dealkylation sites (tertiary alicyclic amines) is 1. The fourth-order valence-electron chi connectivity index (χ4n) is 4.56. The van der Waals surface area contributed by atoms with Gasteiger partial charge in [0.1, 0.15) is 11.4 Å². The highest BCUT2D eigenvalue weighted by Gasteiger charge is 2.29. The van der Waals surface area contributed by atoms with E-state index in [0.29, 0.717) is 12.1 Å². The Balaban J connectivity index is 1.62. The highest BCUT2D eigenvalue weighted by molar-refractivity contribution is 5.68. The van der Waals surface area contributed by atoms with Crippen LogP contribution < -0.4 is 5.32 Å². The van der Waals surface area contributed by atoms with E-state index in [4.69, 9.17) is 9.84 Å². The summed E-state index contributed by atoms with van der Waals surface area (Å²) in [5.41, 5.74) is 0.585.